The Morgan fingerprint density at radius 2 is 1.06 bits per heavy atom. The molecule has 0 radical (unpaired) electrons. The summed E-state index contributed by atoms with van der Waals surface area (Å²) in [4.78, 5) is 37.2. The monoisotopic (exact) mass is 454 g/mol. The molecule has 0 rings (SSSR count). The molecule has 0 saturated carbocycles. The minimum absolute atomic E-state index is 0.0378. The van der Waals surface area contributed by atoms with Gasteiger partial charge in [-0.1, -0.05) is 73.1 Å². The number of amides is 2. The molecule has 6 nitrogen and oxygen atoms in total. The SMILES string of the molecule is CCCCC(CC)C(=O)NCCOC(=O)C(CCCC)CCNC(=O)C(CC)CCCC. The summed E-state index contributed by atoms with van der Waals surface area (Å²) in [5.41, 5.74) is 0. The van der Waals surface area contributed by atoms with Crippen molar-refractivity contribution >= 4 is 17.8 Å². The third-order valence-corrected chi connectivity index (χ3v) is 6.22. The Kier molecular flexibility index (Phi) is 19.1. The summed E-state index contributed by atoms with van der Waals surface area (Å²) >= 11 is 0. The van der Waals surface area contributed by atoms with Gasteiger partial charge in [0.25, 0.3) is 0 Å². The summed E-state index contributed by atoms with van der Waals surface area (Å²) in [5, 5.41) is 5.92. The lowest BCUT2D eigenvalue weighted by molar-refractivity contribution is -0.149. The molecule has 0 bridgehead atoms. The van der Waals surface area contributed by atoms with Gasteiger partial charge in [0.15, 0.2) is 0 Å². The summed E-state index contributed by atoms with van der Waals surface area (Å²) in [6.07, 6.45) is 11.1. The molecule has 188 valence electrons. The molecule has 0 fully saturated rings. The maximum atomic E-state index is 12.6. The minimum atomic E-state index is -0.224. The van der Waals surface area contributed by atoms with Crippen LogP contribution in [0.4, 0.5) is 0 Å². The van der Waals surface area contributed by atoms with Gasteiger partial charge in [0.2, 0.25) is 11.8 Å². The average molecular weight is 455 g/mol. The first-order valence-electron chi connectivity index (χ1n) is 13.2. The predicted molar refractivity (Wildman–Crippen MR) is 131 cm³/mol. The predicted octanol–water partition coefficient (Wildman–Crippen LogP) is 5.39. The molecule has 3 unspecified atom stereocenters. The summed E-state index contributed by atoms with van der Waals surface area (Å²) in [6.45, 7) is 11.5. The van der Waals surface area contributed by atoms with E-state index in [0.29, 0.717) is 19.5 Å². The molecule has 3 atom stereocenters. The molecule has 0 aromatic heterocycles. The number of carbonyl (C=O) groups is 3. The van der Waals surface area contributed by atoms with Crippen molar-refractivity contribution in [2.75, 3.05) is 19.7 Å². The Morgan fingerprint density at radius 1 is 0.625 bits per heavy atom. The van der Waals surface area contributed by atoms with Crippen LogP contribution < -0.4 is 10.6 Å². The van der Waals surface area contributed by atoms with Crippen molar-refractivity contribution in [2.45, 2.75) is 112 Å². The standard InChI is InChI=1S/C26H50N2O4/c1-6-11-14-21(9-4)24(29)27-18-17-23(16-13-8-3)26(31)32-20-19-28-25(30)22(10-5)15-12-7-2/h21-23H,6-20H2,1-5H3,(H,27,29)(H,28,30). The van der Waals surface area contributed by atoms with Gasteiger partial charge in [0, 0.05) is 18.4 Å². The highest BCUT2D eigenvalue weighted by Crippen LogP contribution is 2.16. The molecule has 0 aliphatic carbocycles. The summed E-state index contributed by atoms with van der Waals surface area (Å²) < 4.78 is 5.46. The first-order valence-corrected chi connectivity index (χ1v) is 13.2. The Hall–Kier alpha value is -1.59. The molecule has 0 saturated heterocycles. The van der Waals surface area contributed by atoms with Crippen LogP contribution in [0.25, 0.3) is 0 Å². The Balaban J connectivity index is 4.42. The molecule has 0 heterocycles. The van der Waals surface area contributed by atoms with Crippen LogP contribution in [-0.4, -0.2) is 37.5 Å². The van der Waals surface area contributed by atoms with E-state index in [-0.39, 0.29) is 42.1 Å². The lowest BCUT2D eigenvalue weighted by Crippen LogP contribution is -2.35. The van der Waals surface area contributed by atoms with Crippen LogP contribution in [0.1, 0.15) is 112 Å². The van der Waals surface area contributed by atoms with E-state index < -0.39 is 0 Å². The lowest BCUT2D eigenvalue weighted by Gasteiger charge is -2.19. The van der Waals surface area contributed by atoms with Gasteiger partial charge in [-0.15, -0.1) is 0 Å². The Bertz CT molecular complexity index is 510. The molecule has 6 heteroatoms. The molecular formula is C26H50N2O4. The zero-order chi connectivity index (χ0) is 24.2. The summed E-state index contributed by atoms with van der Waals surface area (Å²) in [6, 6.07) is 0. The molecular weight excluding hydrogens is 404 g/mol. The molecule has 0 aromatic carbocycles. The highest BCUT2D eigenvalue weighted by Gasteiger charge is 2.21. The van der Waals surface area contributed by atoms with Crippen molar-refractivity contribution in [1.82, 2.24) is 10.6 Å². The molecule has 0 aromatic rings. The van der Waals surface area contributed by atoms with E-state index >= 15 is 0 Å². The van der Waals surface area contributed by atoms with Crippen molar-refractivity contribution in [3.8, 4) is 0 Å². The summed E-state index contributed by atoms with van der Waals surface area (Å²) in [7, 11) is 0. The Labute approximate surface area is 197 Å². The highest BCUT2D eigenvalue weighted by atomic mass is 16.5. The van der Waals surface area contributed by atoms with Gasteiger partial charge in [0.05, 0.1) is 12.5 Å². The van der Waals surface area contributed by atoms with Gasteiger partial charge in [-0.2, -0.15) is 0 Å². The van der Waals surface area contributed by atoms with Gasteiger partial charge in [-0.3, -0.25) is 14.4 Å². The molecule has 32 heavy (non-hydrogen) atoms. The van der Waals surface area contributed by atoms with E-state index in [0.717, 1.165) is 70.6 Å². The molecule has 0 aliphatic heterocycles. The van der Waals surface area contributed by atoms with Crippen molar-refractivity contribution in [3.63, 3.8) is 0 Å². The van der Waals surface area contributed by atoms with Crippen molar-refractivity contribution in [1.29, 1.82) is 0 Å². The van der Waals surface area contributed by atoms with Crippen LogP contribution in [0.2, 0.25) is 0 Å². The van der Waals surface area contributed by atoms with Crippen LogP contribution >= 0.6 is 0 Å². The van der Waals surface area contributed by atoms with Gasteiger partial charge in [-0.25, -0.2) is 0 Å². The number of carbonyl (C=O) groups excluding carboxylic acids is 3. The van der Waals surface area contributed by atoms with E-state index in [1.54, 1.807) is 0 Å². The van der Waals surface area contributed by atoms with Crippen molar-refractivity contribution in [2.24, 2.45) is 17.8 Å². The van der Waals surface area contributed by atoms with E-state index in [4.69, 9.17) is 4.74 Å². The van der Waals surface area contributed by atoms with E-state index in [9.17, 15) is 14.4 Å². The van der Waals surface area contributed by atoms with E-state index in [1.165, 1.54) is 0 Å². The maximum Gasteiger partial charge on any atom is 0.309 e. The van der Waals surface area contributed by atoms with Crippen LogP contribution in [-0.2, 0) is 19.1 Å². The average Bonchev–Trinajstić information content (AvgIpc) is 2.79. The van der Waals surface area contributed by atoms with Crippen LogP contribution in [0.3, 0.4) is 0 Å². The first kappa shape index (κ1) is 30.4. The first-order chi connectivity index (χ1) is 15.4. The van der Waals surface area contributed by atoms with Crippen LogP contribution in [0.5, 0.6) is 0 Å². The van der Waals surface area contributed by atoms with Gasteiger partial charge < -0.3 is 15.4 Å². The normalized spacial score (nSPS) is 13.8. The minimum Gasteiger partial charge on any atom is -0.464 e. The van der Waals surface area contributed by atoms with E-state index in [2.05, 4.69) is 31.4 Å². The number of rotatable bonds is 20. The zero-order valence-electron chi connectivity index (χ0n) is 21.5. The largest absolute Gasteiger partial charge is 0.464 e. The second kappa shape index (κ2) is 20.0. The highest BCUT2D eigenvalue weighted by molar-refractivity contribution is 5.79. The second-order valence-electron chi connectivity index (χ2n) is 8.87. The quantitative estimate of drug-likeness (QED) is 0.191. The lowest BCUT2D eigenvalue weighted by atomic mass is 9.97. The third kappa shape index (κ3) is 13.7. The number of hydrogen-bond acceptors (Lipinski definition) is 4. The molecule has 0 aliphatic rings. The molecule has 2 N–H and O–H groups in total. The second-order valence-corrected chi connectivity index (χ2v) is 8.87. The zero-order valence-corrected chi connectivity index (χ0v) is 21.5. The van der Waals surface area contributed by atoms with Gasteiger partial charge >= 0.3 is 5.97 Å². The third-order valence-electron chi connectivity index (χ3n) is 6.22. The topological polar surface area (TPSA) is 84.5 Å². The van der Waals surface area contributed by atoms with Crippen molar-refractivity contribution < 1.29 is 19.1 Å². The number of hydrogen-bond donors (Lipinski definition) is 2. The smallest absolute Gasteiger partial charge is 0.309 e. The number of unbranched alkanes of at least 4 members (excludes halogenated alkanes) is 3. The van der Waals surface area contributed by atoms with Crippen molar-refractivity contribution in [3.05, 3.63) is 0 Å². The number of esters is 1. The van der Waals surface area contributed by atoms with E-state index in [1.807, 2.05) is 13.8 Å². The summed E-state index contributed by atoms with van der Waals surface area (Å²) in [5.74, 6) is -0.192. The number of ether oxygens (including phenoxy) is 1. The fraction of sp³-hybridized carbons (Fsp3) is 0.885. The van der Waals surface area contributed by atoms with Gasteiger partial charge in [-0.05, 0) is 38.5 Å². The van der Waals surface area contributed by atoms with Crippen LogP contribution in [0.15, 0.2) is 0 Å². The maximum absolute atomic E-state index is 12.6. The molecule has 2 amide bonds. The van der Waals surface area contributed by atoms with Gasteiger partial charge in [0.1, 0.15) is 6.61 Å². The molecule has 0 spiro atoms. The number of nitrogens with one attached hydrogen (secondary N) is 2. The fourth-order valence-electron chi connectivity index (χ4n) is 3.87. The fourth-order valence-corrected chi connectivity index (χ4v) is 3.87. The van der Waals surface area contributed by atoms with Crippen LogP contribution in [0, 0.1) is 17.8 Å². The Morgan fingerprint density at radius 3 is 1.50 bits per heavy atom.